The van der Waals surface area contributed by atoms with Crippen molar-refractivity contribution in [3.05, 3.63) is 40.8 Å². The number of fused-ring (bicyclic) bond motifs is 1. The standard InChI is InChI=1S/C16H21NO4S/c1-11(2)4-5-12(3)17-22(19,20)14-7-8-15-13(10-14)6-9-16(18)21-15/h6-12,17H,4-5H2,1-3H3. The van der Waals surface area contributed by atoms with Crippen molar-refractivity contribution in [3.63, 3.8) is 0 Å². The molecule has 0 aliphatic rings. The molecule has 0 aliphatic carbocycles. The zero-order valence-corrected chi connectivity index (χ0v) is 13.8. The molecule has 2 rings (SSSR count). The predicted octanol–water partition coefficient (Wildman–Crippen LogP) is 2.90. The fourth-order valence-electron chi connectivity index (χ4n) is 2.19. The van der Waals surface area contributed by atoms with E-state index in [0.29, 0.717) is 16.9 Å². The smallest absolute Gasteiger partial charge is 0.336 e. The van der Waals surface area contributed by atoms with E-state index in [-0.39, 0.29) is 10.9 Å². The maximum atomic E-state index is 12.4. The minimum atomic E-state index is -3.58. The summed E-state index contributed by atoms with van der Waals surface area (Å²) in [4.78, 5) is 11.3. The number of benzene rings is 1. The summed E-state index contributed by atoms with van der Waals surface area (Å²) in [6.45, 7) is 6.08. The molecule has 1 heterocycles. The Morgan fingerprint density at radius 2 is 1.82 bits per heavy atom. The van der Waals surface area contributed by atoms with Gasteiger partial charge in [-0.3, -0.25) is 0 Å². The summed E-state index contributed by atoms with van der Waals surface area (Å²) in [6.07, 6.45) is 1.76. The van der Waals surface area contributed by atoms with Crippen LogP contribution in [0.25, 0.3) is 11.0 Å². The molecule has 0 saturated heterocycles. The second-order valence-corrected chi connectivity index (χ2v) is 7.66. The molecule has 120 valence electrons. The van der Waals surface area contributed by atoms with Crippen molar-refractivity contribution in [3.8, 4) is 0 Å². The van der Waals surface area contributed by atoms with E-state index in [4.69, 9.17) is 4.42 Å². The Bertz CT molecular complexity index is 808. The average molecular weight is 323 g/mol. The first-order valence-electron chi connectivity index (χ1n) is 7.34. The molecule has 0 fully saturated rings. The van der Waals surface area contributed by atoms with Crippen molar-refractivity contribution in [2.75, 3.05) is 0 Å². The van der Waals surface area contributed by atoms with E-state index < -0.39 is 15.6 Å². The molecule has 6 heteroatoms. The second-order valence-electron chi connectivity index (χ2n) is 5.95. The Hall–Kier alpha value is -1.66. The maximum absolute atomic E-state index is 12.4. The lowest BCUT2D eigenvalue weighted by Crippen LogP contribution is -2.32. The third-order valence-corrected chi connectivity index (χ3v) is 5.02. The van der Waals surface area contributed by atoms with E-state index in [1.54, 1.807) is 6.07 Å². The molecular weight excluding hydrogens is 302 g/mol. The lowest BCUT2D eigenvalue weighted by Gasteiger charge is -2.15. The van der Waals surface area contributed by atoms with Crippen LogP contribution in [0.5, 0.6) is 0 Å². The molecule has 5 nitrogen and oxygen atoms in total. The van der Waals surface area contributed by atoms with Crippen molar-refractivity contribution in [2.45, 2.75) is 44.6 Å². The van der Waals surface area contributed by atoms with Gasteiger partial charge >= 0.3 is 5.63 Å². The fourth-order valence-corrected chi connectivity index (χ4v) is 3.51. The molecule has 1 aromatic heterocycles. The van der Waals surface area contributed by atoms with Gasteiger partial charge in [-0.15, -0.1) is 0 Å². The number of hydrogen-bond acceptors (Lipinski definition) is 4. The van der Waals surface area contributed by atoms with Crippen molar-refractivity contribution in [1.82, 2.24) is 4.72 Å². The third kappa shape index (κ3) is 4.18. The number of rotatable bonds is 6. The van der Waals surface area contributed by atoms with Crippen molar-refractivity contribution >= 4 is 21.0 Å². The summed E-state index contributed by atoms with van der Waals surface area (Å²) in [5, 5.41) is 0.581. The highest BCUT2D eigenvalue weighted by molar-refractivity contribution is 7.89. The molecule has 1 N–H and O–H groups in total. The molecule has 1 atom stereocenters. The maximum Gasteiger partial charge on any atom is 0.336 e. The zero-order valence-electron chi connectivity index (χ0n) is 13.0. The van der Waals surface area contributed by atoms with Crippen LogP contribution in [0.2, 0.25) is 0 Å². The van der Waals surface area contributed by atoms with Gasteiger partial charge in [0, 0.05) is 17.5 Å². The third-order valence-electron chi connectivity index (χ3n) is 3.43. The second kappa shape index (κ2) is 6.62. The molecule has 0 spiro atoms. The highest BCUT2D eigenvalue weighted by Crippen LogP contribution is 2.18. The largest absolute Gasteiger partial charge is 0.423 e. The van der Waals surface area contributed by atoms with Crippen LogP contribution in [0, 0.1) is 5.92 Å². The Balaban J connectivity index is 2.22. The summed E-state index contributed by atoms with van der Waals surface area (Å²) in [7, 11) is -3.58. The molecule has 0 radical (unpaired) electrons. The molecule has 1 aromatic carbocycles. The minimum Gasteiger partial charge on any atom is -0.423 e. The van der Waals surface area contributed by atoms with Crippen molar-refractivity contribution < 1.29 is 12.8 Å². The van der Waals surface area contributed by atoms with Gasteiger partial charge in [0.25, 0.3) is 0 Å². The SMILES string of the molecule is CC(C)CCC(C)NS(=O)(=O)c1ccc2oc(=O)ccc2c1. The van der Waals surface area contributed by atoms with Crippen molar-refractivity contribution in [1.29, 1.82) is 0 Å². The van der Waals surface area contributed by atoms with Gasteiger partial charge in [-0.05, 0) is 49.9 Å². The first-order valence-corrected chi connectivity index (χ1v) is 8.82. The quantitative estimate of drug-likeness (QED) is 0.829. The number of hydrogen-bond donors (Lipinski definition) is 1. The van der Waals surface area contributed by atoms with E-state index in [9.17, 15) is 13.2 Å². The number of nitrogens with one attached hydrogen (secondary N) is 1. The fraction of sp³-hybridized carbons (Fsp3) is 0.438. The van der Waals surface area contributed by atoms with E-state index in [0.717, 1.165) is 12.8 Å². The summed E-state index contributed by atoms with van der Waals surface area (Å²) in [5.41, 5.74) is -0.0807. The Morgan fingerprint density at radius 3 is 2.50 bits per heavy atom. The molecule has 22 heavy (non-hydrogen) atoms. The van der Waals surface area contributed by atoms with Crippen LogP contribution < -0.4 is 10.3 Å². The normalized spacial score (nSPS) is 13.6. The van der Waals surface area contributed by atoms with Gasteiger partial charge in [-0.25, -0.2) is 17.9 Å². The highest BCUT2D eigenvalue weighted by atomic mass is 32.2. The molecule has 0 bridgehead atoms. The van der Waals surface area contributed by atoms with Crippen LogP contribution in [0.4, 0.5) is 0 Å². The highest BCUT2D eigenvalue weighted by Gasteiger charge is 2.18. The Kier molecular flexibility index (Phi) is 5.03. The molecular formula is C16H21NO4S. The Morgan fingerprint density at radius 1 is 1.09 bits per heavy atom. The molecule has 1 unspecified atom stereocenters. The Labute approximate surface area is 130 Å². The average Bonchev–Trinajstić information content (AvgIpc) is 2.44. The van der Waals surface area contributed by atoms with E-state index in [1.165, 1.54) is 24.3 Å². The van der Waals surface area contributed by atoms with E-state index in [2.05, 4.69) is 18.6 Å². The molecule has 2 aromatic rings. The summed E-state index contributed by atoms with van der Waals surface area (Å²) >= 11 is 0. The van der Waals surface area contributed by atoms with Crippen LogP contribution in [0.3, 0.4) is 0 Å². The minimum absolute atomic E-state index is 0.128. The van der Waals surface area contributed by atoms with Gasteiger partial charge in [0.2, 0.25) is 10.0 Å². The molecule has 0 amide bonds. The summed E-state index contributed by atoms with van der Waals surface area (Å²) in [6, 6.07) is 7.17. The van der Waals surface area contributed by atoms with Crippen LogP contribution in [0.1, 0.15) is 33.6 Å². The van der Waals surface area contributed by atoms with Crippen LogP contribution in [-0.2, 0) is 10.0 Å². The van der Waals surface area contributed by atoms with Gasteiger partial charge < -0.3 is 4.42 Å². The predicted molar refractivity (Wildman–Crippen MR) is 86.3 cm³/mol. The zero-order chi connectivity index (χ0) is 16.3. The summed E-state index contributed by atoms with van der Waals surface area (Å²) in [5.74, 6) is 0.538. The van der Waals surface area contributed by atoms with Crippen molar-refractivity contribution in [2.24, 2.45) is 5.92 Å². The number of sulfonamides is 1. The van der Waals surface area contributed by atoms with E-state index in [1.807, 2.05) is 6.92 Å². The van der Waals surface area contributed by atoms with Gasteiger partial charge in [-0.2, -0.15) is 0 Å². The van der Waals surface area contributed by atoms with Crippen LogP contribution in [-0.4, -0.2) is 14.5 Å². The van der Waals surface area contributed by atoms with E-state index >= 15 is 0 Å². The van der Waals surface area contributed by atoms with Crippen LogP contribution in [0.15, 0.2) is 44.4 Å². The van der Waals surface area contributed by atoms with Gasteiger partial charge in [-0.1, -0.05) is 13.8 Å². The monoisotopic (exact) mass is 323 g/mol. The van der Waals surface area contributed by atoms with Gasteiger partial charge in [0.05, 0.1) is 4.90 Å². The first-order chi connectivity index (χ1) is 10.3. The van der Waals surface area contributed by atoms with Gasteiger partial charge in [0.1, 0.15) is 5.58 Å². The topological polar surface area (TPSA) is 76.4 Å². The lowest BCUT2D eigenvalue weighted by molar-refractivity contribution is 0.485. The van der Waals surface area contributed by atoms with Crippen LogP contribution >= 0.6 is 0 Å². The lowest BCUT2D eigenvalue weighted by atomic mass is 10.1. The molecule has 0 saturated carbocycles. The van der Waals surface area contributed by atoms with Gasteiger partial charge in [0.15, 0.2) is 0 Å². The molecule has 0 aliphatic heterocycles. The summed E-state index contributed by atoms with van der Waals surface area (Å²) < 4.78 is 32.5. The first kappa shape index (κ1) is 16.7.